The van der Waals surface area contributed by atoms with Crippen molar-refractivity contribution in [1.29, 1.82) is 0 Å². The number of hydrogen-bond acceptors (Lipinski definition) is 4. The Morgan fingerprint density at radius 2 is 1.89 bits per heavy atom. The van der Waals surface area contributed by atoms with Crippen LogP contribution >= 0.6 is 11.8 Å². The Hall–Kier alpha value is -1.67. The average molecular weight is 410 g/mol. The molecule has 2 amide bonds. The van der Waals surface area contributed by atoms with Gasteiger partial charge in [-0.1, -0.05) is 18.9 Å². The monoisotopic (exact) mass is 410 g/mol. The molecular formula is C20H24F2N2O3S. The van der Waals surface area contributed by atoms with Crippen molar-refractivity contribution in [2.24, 2.45) is 5.92 Å². The molecule has 0 N–H and O–H groups in total. The molecule has 1 aliphatic carbocycles. The molecule has 3 fully saturated rings. The summed E-state index contributed by atoms with van der Waals surface area (Å²) < 4.78 is 32.5. The minimum absolute atomic E-state index is 0.0497. The lowest BCUT2D eigenvalue weighted by Crippen LogP contribution is -2.53. The molecule has 2 heterocycles. The molecule has 0 aromatic heterocycles. The highest BCUT2D eigenvalue weighted by Gasteiger charge is 2.41. The Kier molecular flexibility index (Phi) is 5.87. The zero-order valence-electron chi connectivity index (χ0n) is 15.6. The van der Waals surface area contributed by atoms with E-state index in [9.17, 15) is 18.4 Å². The predicted octanol–water partition coefficient (Wildman–Crippen LogP) is 2.96. The van der Waals surface area contributed by atoms with Gasteiger partial charge in [0.1, 0.15) is 12.1 Å². The summed E-state index contributed by atoms with van der Waals surface area (Å²) in [7, 11) is 0. The van der Waals surface area contributed by atoms with Gasteiger partial charge in [0.2, 0.25) is 11.8 Å². The fourth-order valence-electron chi connectivity index (χ4n) is 4.25. The number of benzene rings is 1. The lowest BCUT2D eigenvalue weighted by molar-refractivity contribution is -0.150. The van der Waals surface area contributed by atoms with Gasteiger partial charge in [-0.15, -0.1) is 11.8 Å². The van der Waals surface area contributed by atoms with Crippen LogP contribution in [-0.2, 0) is 14.3 Å². The number of thioether (sulfide) groups is 1. The first-order chi connectivity index (χ1) is 13.5. The number of amides is 2. The second kappa shape index (κ2) is 8.37. The third-order valence-corrected chi connectivity index (χ3v) is 6.86. The second-order valence-electron chi connectivity index (χ2n) is 7.62. The van der Waals surface area contributed by atoms with Crippen molar-refractivity contribution in [2.75, 3.05) is 31.3 Å². The van der Waals surface area contributed by atoms with E-state index in [0.717, 1.165) is 37.8 Å². The lowest BCUT2D eigenvalue weighted by atomic mass is 10.0. The van der Waals surface area contributed by atoms with Crippen molar-refractivity contribution in [2.45, 2.75) is 37.8 Å². The quantitative estimate of drug-likeness (QED) is 0.769. The number of morpholine rings is 1. The van der Waals surface area contributed by atoms with Crippen LogP contribution in [0.25, 0.3) is 0 Å². The van der Waals surface area contributed by atoms with Crippen molar-refractivity contribution in [3.63, 3.8) is 0 Å². The molecule has 2 aliphatic heterocycles. The summed E-state index contributed by atoms with van der Waals surface area (Å²) in [6, 6.07) is 3.24. The van der Waals surface area contributed by atoms with Crippen molar-refractivity contribution in [1.82, 2.24) is 9.80 Å². The highest BCUT2D eigenvalue weighted by Crippen LogP contribution is 2.32. The first-order valence-corrected chi connectivity index (χ1v) is 10.9. The van der Waals surface area contributed by atoms with Gasteiger partial charge in [0.25, 0.3) is 0 Å². The molecule has 2 saturated heterocycles. The maximum atomic E-state index is 13.6. The van der Waals surface area contributed by atoms with E-state index in [0.29, 0.717) is 30.3 Å². The summed E-state index contributed by atoms with van der Waals surface area (Å²) in [5, 5.41) is 0. The number of halogens is 2. The first kappa shape index (κ1) is 19.6. The van der Waals surface area contributed by atoms with Crippen molar-refractivity contribution >= 4 is 23.6 Å². The molecule has 3 aliphatic rings. The van der Waals surface area contributed by atoms with E-state index in [1.165, 1.54) is 6.07 Å². The summed E-state index contributed by atoms with van der Waals surface area (Å²) in [4.78, 5) is 29.4. The van der Waals surface area contributed by atoms with Gasteiger partial charge in [-0.3, -0.25) is 9.59 Å². The van der Waals surface area contributed by atoms with Gasteiger partial charge in [-0.25, -0.2) is 8.78 Å². The number of hydrogen-bond donors (Lipinski definition) is 0. The minimum Gasteiger partial charge on any atom is -0.370 e. The largest absolute Gasteiger partial charge is 0.370 e. The molecule has 1 aromatic carbocycles. The summed E-state index contributed by atoms with van der Waals surface area (Å²) in [6.45, 7) is 1.04. The van der Waals surface area contributed by atoms with Gasteiger partial charge in [-0.2, -0.15) is 0 Å². The number of nitrogens with zero attached hydrogens (tertiary/aromatic N) is 2. The summed E-state index contributed by atoms with van der Waals surface area (Å²) >= 11 is 1.61. The van der Waals surface area contributed by atoms with Gasteiger partial charge in [0.15, 0.2) is 11.6 Å². The Balaban J connectivity index is 1.44. The molecule has 152 valence electrons. The van der Waals surface area contributed by atoms with Gasteiger partial charge in [0, 0.05) is 18.2 Å². The molecular weight excluding hydrogens is 386 g/mol. The van der Waals surface area contributed by atoms with E-state index in [-0.39, 0.29) is 24.3 Å². The normalized spacial score (nSPS) is 26.1. The highest BCUT2D eigenvalue weighted by molar-refractivity contribution is 7.99. The van der Waals surface area contributed by atoms with Crippen LogP contribution in [-0.4, -0.2) is 59.0 Å². The first-order valence-electron chi connectivity index (χ1n) is 9.78. The maximum absolute atomic E-state index is 13.6. The van der Waals surface area contributed by atoms with Gasteiger partial charge in [-0.05, 0) is 30.5 Å². The summed E-state index contributed by atoms with van der Waals surface area (Å²) in [5.74, 6) is -0.596. The number of rotatable bonds is 3. The van der Waals surface area contributed by atoms with Gasteiger partial charge >= 0.3 is 0 Å². The number of carbonyl (C=O) groups excluding carboxylic acids is 2. The summed E-state index contributed by atoms with van der Waals surface area (Å²) in [5.41, 5.74) is 0.510. The predicted molar refractivity (Wildman–Crippen MR) is 102 cm³/mol. The molecule has 0 bridgehead atoms. The van der Waals surface area contributed by atoms with Crippen molar-refractivity contribution in [3.05, 3.63) is 35.4 Å². The molecule has 1 saturated carbocycles. The number of carbonyl (C=O) groups is 2. The van der Waals surface area contributed by atoms with Crippen LogP contribution in [0.4, 0.5) is 8.78 Å². The third-order valence-electron chi connectivity index (χ3n) is 5.85. The zero-order valence-corrected chi connectivity index (χ0v) is 16.4. The van der Waals surface area contributed by atoms with Crippen LogP contribution in [0.5, 0.6) is 0 Å². The van der Waals surface area contributed by atoms with E-state index >= 15 is 0 Å². The van der Waals surface area contributed by atoms with E-state index in [2.05, 4.69) is 0 Å². The van der Waals surface area contributed by atoms with Crippen LogP contribution in [0.2, 0.25) is 0 Å². The zero-order chi connectivity index (χ0) is 19.7. The van der Waals surface area contributed by atoms with E-state index < -0.39 is 23.8 Å². The fraction of sp³-hybridized carbons (Fsp3) is 0.600. The Morgan fingerprint density at radius 1 is 1.11 bits per heavy atom. The molecule has 8 heteroatoms. The van der Waals surface area contributed by atoms with E-state index in [1.54, 1.807) is 21.6 Å². The van der Waals surface area contributed by atoms with E-state index in [4.69, 9.17) is 4.74 Å². The Bertz CT molecular complexity index is 757. The molecule has 5 nitrogen and oxygen atoms in total. The standard InChI is InChI=1S/C20H24F2N2O3S/c21-15-6-5-14(9-16(15)22)18-10-23(7-8-27-18)20(26)17-11-28-12-24(17)19(25)13-3-1-2-4-13/h5-6,9,13,17-18H,1-4,7-8,10-12H2/t17-,18+/m0/s1. The molecule has 28 heavy (non-hydrogen) atoms. The van der Waals surface area contributed by atoms with Crippen LogP contribution < -0.4 is 0 Å². The number of ether oxygens (including phenoxy) is 1. The van der Waals surface area contributed by atoms with Crippen molar-refractivity contribution in [3.8, 4) is 0 Å². The molecule has 4 rings (SSSR count). The summed E-state index contributed by atoms with van der Waals surface area (Å²) in [6.07, 6.45) is 3.48. The second-order valence-corrected chi connectivity index (χ2v) is 8.62. The van der Waals surface area contributed by atoms with Crippen LogP contribution in [0.1, 0.15) is 37.4 Å². The van der Waals surface area contributed by atoms with Crippen molar-refractivity contribution < 1.29 is 23.1 Å². The molecule has 0 spiro atoms. The Morgan fingerprint density at radius 3 is 2.64 bits per heavy atom. The third kappa shape index (κ3) is 3.89. The highest BCUT2D eigenvalue weighted by atomic mass is 32.2. The molecule has 2 atom stereocenters. The van der Waals surface area contributed by atoms with Crippen LogP contribution in [0.3, 0.4) is 0 Å². The smallest absolute Gasteiger partial charge is 0.246 e. The van der Waals surface area contributed by atoms with Gasteiger partial charge < -0.3 is 14.5 Å². The topological polar surface area (TPSA) is 49.9 Å². The SMILES string of the molecule is O=C([C@@H]1CSCN1C(=O)C1CCCC1)N1CCO[C@@H](c2ccc(F)c(F)c2)C1. The molecule has 0 radical (unpaired) electrons. The molecule has 1 aromatic rings. The lowest BCUT2D eigenvalue weighted by Gasteiger charge is -2.36. The van der Waals surface area contributed by atoms with Crippen LogP contribution in [0, 0.1) is 17.6 Å². The Labute approximate surface area is 167 Å². The van der Waals surface area contributed by atoms with Gasteiger partial charge in [0.05, 0.1) is 19.0 Å². The molecule has 0 unspecified atom stereocenters. The fourth-order valence-corrected chi connectivity index (χ4v) is 5.40. The minimum atomic E-state index is -0.926. The maximum Gasteiger partial charge on any atom is 0.246 e. The average Bonchev–Trinajstić information content (AvgIpc) is 3.41. The van der Waals surface area contributed by atoms with Crippen LogP contribution in [0.15, 0.2) is 18.2 Å². The van der Waals surface area contributed by atoms with E-state index in [1.807, 2.05) is 0 Å².